The van der Waals surface area contributed by atoms with Gasteiger partial charge in [0.2, 0.25) is 0 Å². The second kappa shape index (κ2) is 4.48. The van der Waals surface area contributed by atoms with Gasteiger partial charge in [0.05, 0.1) is 11.1 Å². The molecule has 96 valence electrons. The fourth-order valence-electron chi connectivity index (χ4n) is 2.72. The third kappa shape index (κ3) is 1.70. The predicted octanol–water partition coefficient (Wildman–Crippen LogP) is 3.54. The fraction of sp³-hybridized carbons (Fsp3) is 0.400. The van der Waals surface area contributed by atoms with Crippen molar-refractivity contribution in [2.75, 3.05) is 0 Å². The lowest BCUT2D eigenvalue weighted by atomic mass is 9.97. The highest BCUT2D eigenvalue weighted by Crippen LogP contribution is 2.30. The van der Waals surface area contributed by atoms with Crippen molar-refractivity contribution in [1.82, 2.24) is 4.57 Å². The molecule has 3 heteroatoms. The summed E-state index contributed by atoms with van der Waals surface area (Å²) < 4.78 is 2.21. The molecule has 1 aromatic carbocycles. The number of carboxylic acid groups (broad SMARTS) is 1. The summed E-state index contributed by atoms with van der Waals surface area (Å²) in [6.07, 6.45) is 3.07. The van der Waals surface area contributed by atoms with Crippen LogP contribution < -0.4 is 0 Å². The molecule has 0 aliphatic rings. The average molecular weight is 245 g/mol. The van der Waals surface area contributed by atoms with Crippen molar-refractivity contribution in [3.63, 3.8) is 0 Å². The number of hydrogen-bond acceptors (Lipinski definition) is 1. The molecular formula is C15H19NO2. The SMILES string of the molecule is CCc1cn(CC)c2c(C)cc(C(=O)O)c(C)c12. The van der Waals surface area contributed by atoms with Crippen molar-refractivity contribution in [3.8, 4) is 0 Å². The first-order valence-electron chi connectivity index (χ1n) is 6.36. The standard InChI is InChI=1S/C15H19NO2/c1-5-11-8-16(6-2)14-9(3)7-12(15(17)18)10(4)13(11)14/h7-8H,5-6H2,1-4H3,(H,17,18). The number of aryl methyl sites for hydroxylation is 4. The molecule has 1 aromatic heterocycles. The Labute approximate surface area is 107 Å². The number of carbonyl (C=O) groups is 1. The second-order valence-corrected chi connectivity index (χ2v) is 4.69. The van der Waals surface area contributed by atoms with Crippen LogP contribution >= 0.6 is 0 Å². The van der Waals surface area contributed by atoms with E-state index in [9.17, 15) is 9.90 Å². The lowest BCUT2D eigenvalue weighted by Crippen LogP contribution is -2.02. The molecule has 1 heterocycles. The Hall–Kier alpha value is -1.77. The molecule has 0 aliphatic carbocycles. The smallest absolute Gasteiger partial charge is 0.335 e. The van der Waals surface area contributed by atoms with E-state index in [2.05, 4.69) is 24.6 Å². The van der Waals surface area contributed by atoms with Crippen molar-refractivity contribution < 1.29 is 9.90 Å². The van der Waals surface area contributed by atoms with Crippen molar-refractivity contribution in [2.24, 2.45) is 0 Å². The van der Waals surface area contributed by atoms with Crippen LogP contribution in [0.25, 0.3) is 10.9 Å². The van der Waals surface area contributed by atoms with Gasteiger partial charge in [-0.1, -0.05) is 6.92 Å². The summed E-state index contributed by atoms with van der Waals surface area (Å²) >= 11 is 0. The first-order valence-corrected chi connectivity index (χ1v) is 6.36. The minimum atomic E-state index is -0.844. The number of aromatic nitrogens is 1. The first-order chi connectivity index (χ1) is 8.51. The number of rotatable bonds is 3. The zero-order chi connectivity index (χ0) is 13.4. The average Bonchev–Trinajstić information content (AvgIpc) is 2.72. The molecule has 0 fully saturated rings. The summed E-state index contributed by atoms with van der Waals surface area (Å²) in [6.45, 7) is 9.02. The summed E-state index contributed by atoms with van der Waals surface area (Å²) in [6, 6.07) is 1.78. The summed E-state index contributed by atoms with van der Waals surface area (Å²) in [7, 11) is 0. The van der Waals surface area contributed by atoms with Gasteiger partial charge < -0.3 is 9.67 Å². The maximum Gasteiger partial charge on any atom is 0.335 e. The molecule has 18 heavy (non-hydrogen) atoms. The molecule has 1 N–H and O–H groups in total. The lowest BCUT2D eigenvalue weighted by Gasteiger charge is -2.09. The third-order valence-electron chi connectivity index (χ3n) is 3.62. The van der Waals surface area contributed by atoms with Crippen LogP contribution in [0.1, 0.15) is 40.9 Å². The Morgan fingerprint density at radius 1 is 1.33 bits per heavy atom. The van der Waals surface area contributed by atoms with Gasteiger partial charge in [0.15, 0.2) is 0 Å². The summed E-state index contributed by atoms with van der Waals surface area (Å²) in [5, 5.41) is 10.4. The van der Waals surface area contributed by atoms with Gasteiger partial charge in [0.25, 0.3) is 0 Å². The molecule has 0 saturated heterocycles. The molecule has 0 unspecified atom stereocenters. The highest BCUT2D eigenvalue weighted by molar-refractivity contribution is 5.99. The molecule has 0 aliphatic heterocycles. The van der Waals surface area contributed by atoms with Crippen LogP contribution in [0.3, 0.4) is 0 Å². The van der Waals surface area contributed by atoms with Gasteiger partial charge >= 0.3 is 5.97 Å². The molecule has 3 nitrogen and oxygen atoms in total. The van der Waals surface area contributed by atoms with E-state index in [0.29, 0.717) is 5.56 Å². The largest absolute Gasteiger partial charge is 0.478 e. The number of hydrogen-bond donors (Lipinski definition) is 1. The monoisotopic (exact) mass is 245 g/mol. The third-order valence-corrected chi connectivity index (χ3v) is 3.62. The maximum atomic E-state index is 11.3. The Balaban J connectivity index is 2.94. The molecule has 0 radical (unpaired) electrons. The van der Waals surface area contributed by atoms with Gasteiger partial charge in [0, 0.05) is 18.1 Å². The predicted molar refractivity (Wildman–Crippen MR) is 73.4 cm³/mol. The molecule has 2 aromatic rings. The van der Waals surface area contributed by atoms with Crippen LogP contribution in [0, 0.1) is 13.8 Å². The highest BCUT2D eigenvalue weighted by Gasteiger charge is 2.17. The molecule has 0 bridgehead atoms. The van der Waals surface area contributed by atoms with Crippen molar-refractivity contribution in [2.45, 2.75) is 40.7 Å². The normalized spacial score (nSPS) is 11.1. The molecule has 0 atom stereocenters. The second-order valence-electron chi connectivity index (χ2n) is 4.69. The Kier molecular flexibility index (Phi) is 3.16. The zero-order valence-corrected chi connectivity index (χ0v) is 11.4. The van der Waals surface area contributed by atoms with E-state index < -0.39 is 5.97 Å². The van der Waals surface area contributed by atoms with Crippen LogP contribution in [-0.2, 0) is 13.0 Å². The van der Waals surface area contributed by atoms with Gasteiger partial charge in [-0.05, 0) is 49.9 Å². The van der Waals surface area contributed by atoms with E-state index in [-0.39, 0.29) is 0 Å². The van der Waals surface area contributed by atoms with Crippen LogP contribution in [0.15, 0.2) is 12.3 Å². The minimum Gasteiger partial charge on any atom is -0.478 e. The lowest BCUT2D eigenvalue weighted by molar-refractivity contribution is 0.0696. The zero-order valence-electron chi connectivity index (χ0n) is 11.4. The molecule has 2 rings (SSSR count). The van der Waals surface area contributed by atoms with E-state index in [0.717, 1.165) is 29.5 Å². The minimum absolute atomic E-state index is 0.420. The first kappa shape index (κ1) is 12.7. The number of nitrogens with zero attached hydrogens (tertiary/aromatic N) is 1. The summed E-state index contributed by atoms with van der Waals surface area (Å²) in [5.41, 5.74) is 4.75. The number of fused-ring (bicyclic) bond motifs is 1. The van der Waals surface area contributed by atoms with Crippen LogP contribution in [-0.4, -0.2) is 15.6 Å². The summed E-state index contributed by atoms with van der Waals surface area (Å²) in [5.74, 6) is -0.844. The van der Waals surface area contributed by atoms with Crippen LogP contribution in [0.2, 0.25) is 0 Å². The van der Waals surface area contributed by atoms with Crippen molar-refractivity contribution >= 4 is 16.9 Å². The molecular weight excluding hydrogens is 226 g/mol. The fourth-order valence-corrected chi connectivity index (χ4v) is 2.72. The van der Waals surface area contributed by atoms with Crippen LogP contribution in [0.4, 0.5) is 0 Å². The van der Waals surface area contributed by atoms with E-state index in [1.807, 2.05) is 13.8 Å². The van der Waals surface area contributed by atoms with Crippen molar-refractivity contribution in [1.29, 1.82) is 0 Å². The Bertz CT molecular complexity index is 623. The topological polar surface area (TPSA) is 42.2 Å². The number of carboxylic acids is 1. The van der Waals surface area contributed by atoms with E-state index >= 15 is 0 Å². The summed E-state index contributed by atoms with van der Waals surface area (Å²) in [4.78, 5) is 11.3. The van der Waals surface area contributed by atoms with Crippen molar-refractivity contribution in [3.05, 3.63) is 34.5 Å². The van der Waals surface area contributed by atoms with Gasteiger partial charge in [-0.3, -0.25) is 0 Å². The Morgan fingerprint density at radius 2 is 2.00 bits per heavy atom. The van der Waals surface area contributed by atoms with Gasteiger partial charge in [-0.15, -0.1) is 0 Å². The van der Waals surface area contributed by atoms with E-state index in [1.54, 1.807) is 6.07 Å². The molecule has 0 amide bonds. The maximum absolute atomic E-state index is 11.3. The number of aromatic carboxylic acids is 1. The molecule has 0 spiro atoms. The van der Waals surface area contributed by atoms with E-state index in [1.165, 1.54) is 11.1 Å². The van der Waals surface area contributed by atoms with Gasteiger partial charge in [-0.2, -0.15) is 0 Å². The van der Waals surface area contributed by atoms with Gasteiger partial charge in [-0.25, -0.2) is 4.79 Å². The number of benzene rings is 1. The molecule has 0 saturated carbocycles. The van der Waals surface area contributed by atoms with Gasteiger partial charge in [0.1, 0.15) is 0 Å². The van der Waals surface area contributed by atoms with Crippen LogP contribution in [0.5, 0.6) is 0 Å². The van der Waals surface area contributed by atoms with E-state index in [4.69, 9.17) is 0 Å². The highest BCUT2D eigenvalue weighted by atomic mass is 16.4. The Morgan fingerprint density at radius 3 is 2.50 bits per heavy atom. The quantitative estimate of drug-likeness (QED) is 0.898.